The molecule has 2 saturated carbocycles. The minimum Gasteiger partial charge on any atom is -0.197 e. The van der Waals surface area contributed by atoms with E-state index in [1.165, 1.54) is 128 Å². The van der Waals surface area contributed by atoms with Gasteiger partial charge in [-0.1, -0.05) is 103 Å². The molecular weight excluding hydrogens is 386 g/mol. The predicted molar refractivity (Wildman–Crippen MR) is 138 cm³/mol. The van der Waals surface area contributed by atoms with Gasteiger partial charge in [-0.05, 0) is 81.5 Å². The molecule has 182 valence electrons. The van der Waals surface area contributed by atoms with Crippen LogP contribution >= 0.6 is 0 Å². The number of hydrogen-bond donors (Lipinski definition) is 0. The van der Waals surface area contributed by atoms with E-state index in [1.54, 1.807) is 0 Å². The summed E-state index contributed by atoms with van der Waals surface area (Å²) >= 11 is 0. The van der Waals surface area contributed by atoms with Gasteiger partial charge in [-0.2, -0.15) is 5.26 Å². The monoisotopic (exact) mass is 439 g/mol. The van der Waals surface area contributed by atoms with Gasteiger partial charge in [0, 0.05) is 0 Å². The fourth-order valence-electron chi connectivity index (χ4n) is 7.36. The number of unbranched alkanes of at least 4 members (excludes halogenated alkanes) is 6. The molecule has 0 amide bonds. The first kappa shape index (κ1) is 25.8. The van der Waals surface area contributed by atoms with Gasteiger partial charge in [0.1, 0.15) is 0 Å². The molecule has 3 rings (SSSR count). The SMILES string of the molecule is CCCCCCCC1CCC(C2CCC(C#N)(C3=CC[C@H](CCCCC)CC3)CC2)CC1. The van der Waals surface area contributed by atoms with Crippen molar-refractivity contribution in [3.63, 3.8) is 0 Å². The maximum Gasteiger partial charge on any atom is 0.0782 e. The molecule has 3 aliphatic rings. The smallest absolute Gasteiger partial charge is 0.0782 e. The van der Waals surface area contributed by atoms with Crippen LogP contribution in [0.1, 0.15) is 149 Å². The normalized spacial score (nSPS) is 33.5. The van der Waals surface area contributed by atoms with Gasteiger partial charge in [-0.25, -0.2) is 0 Å². The van der Waals surface area contributed by atoms with Gasteiger partial charge in [0.2, 0.25) is 0 Å². The van der Waals surface area contributed by atoms with E-state index >= 15 is 0 Å². The summed E-state index contributed by atoms with van der Waals surface area (Å²) in [7, 11) is 0. The fraction of sp³-hybridized carbons (Fsp3) is 0.903. The van der Waals surface area contributed by atoms with Crippen molar-refractivity contribution >= 4 is 0 Å². The number of rotatable bonds is 12. The van der Waals surface area contributed by atoms with E-state index in [-0.39, 0.29) is 5.41 Å². The predicted octanol–water partition coefficient (Wildman–Crippen LogP) is 10.2. The first-order valence-corrected chi connectivity index (χ1v) is 14.8. The maximum absolute atomic E-state index is 10.2. The van der Waals surface area contributed by atoms with Gasteiger partial charge in [0.15, 0.2) is 0 Å². The van der Waals surface area contributed by atoms with Crippen molar-refractivity contribution in [2.45, 2.75) is 149 Å². The second kappa shape index (κ2) is 13.8. The Morgan fingerprint density at radius 2 is 1.34 bits per heavy atom. The highest BCUT2D eigenvalue weighted by atomic mass is 14.5. The highest BCUT2D eigenvalue weighted by molar-refractivity contribution is 5.26. The zero-order chi connectivity index (χ0) is 22.7. The zero-order valence-electron chi connectivity index (χ0n) is 21.7. The Morgan fingerprint density at radius 1 is 0.750 bits per heavy atom. The highest BCUT2D eigenvalue weighted by Crippen LogP contribution is 2.51. The summed E-state index contributed by atoms with van der Waals surface area (Å²) in [4.78, 5) is 0. The molecular formula is C31H53N. The van der Waals surface area contributed by atoms with Crippen molar-refractivity contribution in [2.24, 2.45) is 29.1 Å². The van der Waals surface area contributed by atoms with Gasteiger partial charge in [-0.3, -0.25) is 0 Å². The lowest BCUT2D eigenvalue weighted by Crippen LogP contribution is -2.33. The molecule has 0 saturated heterocycles. The van der Waals surface area contributed by atoms with E-state index in [2.05, 4.69) is 26.0 Å². The summed E-state index contributed by atoms with van der Waals surface area (Å²) < 4.78 is 0. The molecule has 0 N–H and O–H groups in total. The molecule has 2 fully saturated rings. The van der Waals surface area contributed by atoms with Crippen LogP contribution in [-0.4, -0.2) is 0 Å². The van der Waals surface area contributed by atoms with Gasteiger partial charge in [0.25, 0.3) is 0 Å². The van der Waals surface area contributed by atoms with Crippen LogP contribution in [0.25, 0.3) is 0 Å². The molecule has 0 aromatic rings. The number of nitriles is 1. The van der Waals surface area contributed by atoms with Crippen molar-refractivity contribution in [2.75, 3.05) is 0 Å². The highest BCUT2D eigenvalue weighted by Gasteiger charge is 2.41. The summed E-state index contributed by atoms with van der Waals surface area (Å²) in [6.45, 7) is 4.61. The van der Waals surface area contributed by atoms with E-state index in [0.29, 0.717) is 0 Å². The van der Waals surface area contributed by atoms with E-state index in [0.717, 1.165) is 36.5 Å². The van der Waals surface area contributed by atoms with E-state index in [9.17, 15) is 5.26 Å². The second-order valence-electron chi connectivity index (χ2n) is 11.9. The van der Waals surface area contributed by atoms with Crippen molar-refractivity contribution in [1.29, 1.82) is 5.26 Å². The summed E-state index contributed by atoms with van der Waals surface area (Å²) in [6, 6.07) is 2.85. The number of nitrogens with zero attached hydrogens (tertiary/aromatic N) is 1. The maximum atomic E-state index is 10.2. The third-order valence-corrected chi connectivity index (χ3v) is 9.72. The zero-order valence-corrected chi connectivity index (χ0v) is 21.7. The van der Waals surface area contributed by atoms with Gasteiger partial charge < -0.3 is 0 Å². The molecule has 0 bridgehead atoms. The molecule has 0 radical (unpaired) electrons. The molecule has 1 atom stereocenters. The largest absolute Gasteiger partial charge is 0.197 e. The standard InChI is InChI=1S/C31H53N/c1-3-5-7-8-10-12-26-13-17-28(18-14-26)29-21-23-31(25-32,24-22-29)30-19-15-27(16-20-30)11-9-6-4-2/h19,26-29H,3-18,20-24H2,1-2H3/t26?,27-,28?,29?,31?/m0/s1. The quantitative estimate of drug-likeness (QED) is 0.219. The average Bonchev–Trinajstić information content (AvgIpc) is 2.85. The first-order valence-electron chi connectivity index (χ1n) is 14.8. The molecule has 32 heavy (non-hydrogen) atoms. The Balaban J connectivity index is 1.39. The molecule has 1 heteroatoms. The Kier molecular flexibility index (Phi) is 11.2. The van der Waals surface area contributed by atoms with E-state index < -0.39 is 0 Å². The van der Waals surface area contributed by atoms with Crippen LogP contribution < -0.4 is 0 Å². The lowest BCUT2D eigenvalue weighted by atomic mass is 9.61. The van der Waals surface area contributed by atoms with Crippen molar-refractivity contribution in [3.05, 3.63) is 11.6 Å². The lowest BCUT2D eigenvalue weighted by Gasteiger charge is -2.42. The molecule has 0 aromatic carbocycles. The average molecular weight is 440 g/mol. The molecule has 0 heterocycles. The van der Waals surface area contributed by atoms with Gasteiger partial charge in [0.05, 0.1) is 11.5 Å². The lowest BCUT2D eigenvalue weighted by molar-refractivity contribution is 0.130. The van der Waals surface area contributed by atoms with E-state index in [4.69, 9.17) is 0 Å². The minimum atomic E-state index is -0.0966. The summed E-state index contributed by atoms with van der Waals surface area (Å²) in [5.41, 5.74) is 1.44. The summed E-state index contributed by atoms with van der Waals surface area (Å²) in [5, 5.41) is 10.2. The third-order valence-electron chi connectivity index (χ3n) is 9.72. The Hall–Kier alpha value is -0.770. The fourth-order valence-corrected chi connectivity index (χ4v) is 7.36. The van der Waals surface area contributed by atoms with Crippen LogP contribution in [0, 0.1) is 40.4 Å². The topological polar surface area (TPSA) is 23.8 Å². The van der Waals surface area contributed by atoms with Crippen LogP contribution in [0.3, 0.4) is 0 Å². The number of allylic oxidation sites excluding steroid dienone is 2. The minimum absolute atomic E-state index is 0.0966. The van der Waals surface area contributed by atoms with E-state index in [1.807, 2.05) is 0 Å². The number of hydrogen-bond acceptors (Lipinski definition) is 1. The molecule has 0 aliphatic heterocycles. The molecule has 0 aromatic heterocycles. The Bertz CT molecular complexity index is 580. The Labute approximate surface area is 200 Å². The molecule has 0 unspecified atom stereocenters. The molecule has 1 nitrogen and oxygen atoms in total. The van der Waals surface area contributed by atoms with Crippen molar-refractivity contribution < 1.29 is 0 Å². The van der Waals surface area contributed by atoms with Crippen molar-refractivity contribution in [3.8, 4) is 6.07 Å². The first-order chi connectivity index (χ1) is 15.7. The molecule has 3 aliphatic carbocycles. The van der Waals surface area contributed by atoms with Crippen molar-refractivity contribution in [1.82, 2.24) is 0 Å². The van der Waals surface area contributed by atoms with Gasteiger partial charge >= 0.3 is 0 Å². The molecule has 0 spiro atoms. The van der Waals surface area contributed by atoms with Crippen LogP contribution in [0.5, 0.6) is 0 Å². The second-order valence-corrected chi connectivity index (χ2v) is 11.9. The summed E-state index contributed by atoms with van der Waals surface area (Å²) in [6.07, 6.45) is 31.4. The van der Waals surface area contributed by atoms with Crippen LogP contribution in [-0.2, 0) is 0 Å². The van der Waals surface area contributed by atoms with Crippen LogP contribution in [0.15, 0.2) is 11.6 Å². The third kappa shape index (κ3) is 7.37. The Morgan fingerprint density at radius 3 is 1.97 bits per heavy atom. The van der Waals surface area contributed by atoms with Crippen LogP contribution in [0.4, 0.5) is 0 Å². The summed E-state index contributed by atoms with van der Waals surface area (Å²) in [5.74, 6) is 3.78. The van der Waals surface area contributed by atoms with Crippen LogP contribution in [0.2, 0.25) is 0 Å². The van der Waals surface area contributed by atoms with Gasteiger partial charge in [-0.15, -0.1) is 0 Å².